The normalized spacial score (nSPS) is 18.0. The van der Waals surface area contributed by atoms with Crippen molar-refractivity contribution in [2.75, 3.05) is 36.8 Å². The zero-order chi connectivity index (χ0) is 14.9. The smallest absolute Gasteiger partial charge is 0.213 e. The summed E-state index contributed by atoms with van der Waals surface area (Å²) in [5, 5.41) is 0. The lowest BCUT2D eigenvalue weighted by molar-refractivity contribution is 0.434. The molecule has 3 heterocycles. The van der Waals surface area contributed by atoms with Crippen LogP contribution in [-0.2, 0) is 10.0 Å². The lowest BCUT2D eigenvalue weighted by Gasteiger charge is -2.21. The Bertz CT molecular complexity index is 692. The van der Waals surface area contributed by atoms with E-state index >= 15 is 0 Å². The van der Waals surface area contributed by atoms with Crippen LogP contribution in [0.1, 0.15) is 13.3 Å². The maximum absolute atomic E-state index is 12.0. The zero-order valence-corrected chi connectivity index (χ0v) is 13.0. The van der Waals surface area contributed by atoms with E-state index in [9.17, 15) is 8.42 Å². The van der Waals surface area contributed by atoms with Gasteiger partial charge in [0, 0.05) is 32.4 Å². The second-order valence-corrected chi connectivity index (χ2v) is 7.46. The zero-order valence-electron chi connectivity index (χ0n) is 12.1. The summed E-state index contributed by atoms with van der Waals surface area (Å²) in [6, 6.07) is 5.90. The van der Waals surface area contributed by atoms with Crippen molar-refractivity contribution in [2.45, 2.75) is 13.3 Å². The average Bonchev–Trinajstić information content (AvgIpc) is 2.75. The highest BCUT2D eigenvalue weighted by molar-refractivity contribution is 7.89. The first-order chi connectivity index (χ1) is 10.1. The number of aromatic nitrogens is 2. The lowest BCUT2D eigenvalue weighted by atomic mass is 10.4. The monoisotopic (exact) mass is 308 g/mol. The molecule has 6 nitrogen and oxygen atoms in total. The van der Waals surface area contributed by atoms with Crippen molar-refractivity contribution in [1.82, 2.24) is 13.7 Å². The van der Waals surface area contributed by atoms with E-state index in [-0.39, 0.29) is 5.75 Å². The molecule has 1 aliphatic rings. The second kappa shape index (κ2) is 5.65. The molecule has 0 bridgehead atoms. The van der Waals surface area contributed by atoms with E-state index in [1.54, 1.807) is 11.2 Å². The predicted molar refractivity (Wildman–Crippen MR) is 83.1 cm³/mol. The molecule has 0 aromatic carbocycles. The summed E-state index contributed by atoms with van der Waals surface area (Å²) in [5.74, 6) is 1.08. The maximum atomic E-state index is 12.0. The van der Waals surface area contributed by atoms with E-state index in [4.69, 9.17) is 0 Å². The molecule has 7 heteroatoms. The van der Waals surface area contributed by atoms with Crippen molar-refractivity contribution in [1.29, 1.82) is 0 Å². The number of nitrogens with zero attached hydrogens (tertiary/aromatic N) is 4. The van der Waals surface area contributed by atoms with Gasteiger partial charge >= 0.3 is 0 Å². The van der Waals surface area contributed by atoms with Crippen LogP contribution >= 0.6 is 0 Å². The lowest BCUT2D eigenvalue weighted by Crippen LogP contribution is -2.36. The van der Waals surface area contributed by atoms with Gasteiger partial charge in [0.25, 0.3) is 0 Å². The van der Waals surface area contributed by atoms with Gasteiger partial charge in [0.05, 0.1) is 11.9 Å². The van der Waals surface area contributed by atoms with Crippen molar-refractivity contribution < 1.29 is 8.42 Å². The van der Waals surface area contributed by atoms with Crippen LogP contribution in [0, 0.1) is 0 Å². The SMILES string of the molecule is CCS(=O)(=O)N1CCCN(c2cn3ccccc3n2)CC1. The summed E-state index contributed by atoms with van der Waals surface area (Å²) in [6.45, 7) is 4.34. The fourth-order valence-corrected chi connectivity index (χ4v) is 3.79. The Morgan fingerprint density at radius 3 is 2.81 bits per heavy atom. The summed E-state index contributed by atoms with van der Waals surface area (Å²) < 4.78 is 27.5. The minimum absolute atomic E-state index is 0.168. The van der Waals surface area contributed by atoms with Crippen LogP contribution in [0.2, 0.25) is 0 Å². The molecule has 1 fully saturated rings. The molecule has 3 rings (SSSR count). The van der Waals surface area contributed by atoms with Crippen LogP contribution in [0.4, 0.5) is 5.82 Å². The molecule has 114 valence electrons. The van der Waals surface area contributed by atoms with Crippen molar-refractivity contribution in [3.05, 3.63) is 30.6 Å². The van der Waals surface area contributed by atoms with Crippen molar-refractivity contribution in [2.24, 2.45) is 0 Å². The van der Waals surface area contributed by atoms with Gasteiger partial charge in [-0.1, -0.05) is 6.07 Å². The summed E-state index contributed by atoms with van der Waals surface area (Å²) in [7, 11) is -3.09. The molecule has 0 unspecified atom stereocenters. The van der Waals surface area contributed by atoms with Crippen LogP contribution in [0.25, 0.3) is 5.65 Å². The van der Waals surface area contributed by atoms with E-state index < -0.39 is 10.0 Å². The van der Waals surface area contributed by atoms with Gasteiger partial charge in [0.2, 0.25) is 10.0 Å². The van der Waals surface area contributed by atoms with Crippen molar-refractivity contribution >= 4 is 21.5 Å². The minimum atomic E-state index is -3.09. The maximum Gasteiger partial charge on any atom is 0.213 e. The van der Waals surface area contributed by atoms with Crippen LogP contribution in [-0.4, -0.2) is 54.0 Å². The number of hydrogen-bond acceptors (Lipinski definition) is 4. The summed E-state index contributed by atoms with van der Waals surface area (Å²) in [6.07, 6.45) is 4.80. The first-order valence-corrected chi connectivity index (χ1v) is 8.87. The molecule has 1 saturated heterocycles. The van der Waals surface area contributed by atoms with Gasteiger partial charge in [-0.2, -0.15) is 0 Å². The van der Waals surface area contributed by atoms with Gasteiger partial charge in [0.1, 0.15) is 11.5 Å². The summed E-state index contributed by atoms with van der Waals surface area (Å²) in [4.78, 5) is 6.77. The fourth-order valence-electron chi connectivity index (χ4n) is 2.66. The highest BCUT2D eigenvalue weighted by Gasteiger charge is 2.24. The van der Waals surface area contributed by atoms with Gasteiger partial charge in [0.15, 0.2) is 0 Å². The van der Waals surface area contributed by atoms with E-state index in [0.717, 1.165) is 24.4 Å². The van der Waals surface area contributed by atoms with E-state index in [1.807, 2.05) is 35.0 Å². The highest BCUT2D eigenvalue weighted by atomic mass is 32.2. The Morgan fingerprint density at radius 1 is 1.19 bits per heavy atom. The molecular weight excluding hydrogens is 288 g/mol. The topological polar surface area (TPSA) is 57.9 Å². The molecule has 2 aromatic rings. The largest absolute Gasteiger partial charge is 0.354 e. The summed E-state index contributed by atoms with van der Waals surface area (Å²) in [5.41, 5.74) is 0.912. The molecule has 0 aliphatic carbocycles. The van der Waals surface area contributed by atoms with Crippen molar-refractivity contribution in [3.8, 4) is 0 Å². The highest BCUT2D eigenvalue weighted by Crippen LogP contribution is 2.17. The van der Waals surface area contributed by atoms with E-state index in [0.29, 0.717) is 19.6 Å². The first-order valence-electron chi connectivity index (χ1n) is 7.26. The molecule has 1 aliphatic heterocycles. The van der Waals surface area contributed by atoms with Crippen LogP contribution in [0.3, 0.4) is 0 Å². The number of rotatable bonds is 3. The molecule has 0 radical (unpaired) electrons. The van der Waals surface area contributed by atoms with Gasteiger partial charge < -0.3 is 9.30 Å². The fraction of sp³-hybridized carbons (Fsp3) is 0.500. The first kappa shape index (κ1) is 14.3. The van der Waals surface area contributed by atoms with Crippen molar-refractivity contribution in [3.63, 3.8) is 0 Å². The molecule has 0 N–H and O–H groups in total. The minimum Gasteiger partial charge on any atom is -0.354 e. The predicted octanol–water partition coefficient (Wildman–Crippen LogP) is 1.20. The van der Waals surface area contributed by atoms with Gasteiger partial charge in [-0.15, -0.1) is 0 Å². The Balaban J connectivity index is 1.78. The van der Waals surface area contributed by atoms with Gasteiger partial charge in [-0.05, 0) is 25.5 Å². The van der Waals surface area contributed by atoms with Crippen LogP contribution in [0.15, 0.2) is 30.6 Å². The van der Waals surface area contributed by atoms with E-state index in [2.05, 4.69) is 9.88 Å². The second-order valence-electron chi connectivity index (χ2n) is 5.21. The van der Waals surface area contributed by atoms with Gasteiger partial charge in [-0.25, -0.2) is 17.7 Å². The van der Waals surface area contributed by atoms with Crippen LogP contribution in [0.5, 0.6) is 0 Å². The Labute approximate surface area is 125 Å². The molecular formula is C14H20N4O2S. The van der Waals surface area contributed by atoms with Crippen LogP contribution < -0.4 is 4.90 Å². The number of fused-ring (bicyclic) bond motifs is 1. The quantitative estimate of drug-likeness (QED) is 0.855. The third-order valence-electron chi connectivity index (χ3n) is 3.89. The number of pyridine rings is 1. The average molecular weight is 308 g/mol. The number of hydrogen-bond donors (Lipinski definition) is 0. The molecule has 21 heavy (non-hydrogen) atoms. The standard InChI is InChI=1S/C14H20N4O2S/c1-2-21(19,20)18-9-5-8-16(10-11-18)14-12-17-7-4-3-6-13(17)15-14/h3-4,6-7,12H,2,5,8-11H2,1H3. The molecule has 0 atom stereocenters. The molecule has 0 saturated carbocycles. The Hall–Kier alpha value is -1.60. The van der Waals surface area contributed by atoms with Gasteiger partial charge in [-0.3, -0.25) is 0 Å². The Kier molecular flexibility index (Phi) is 3.86. The van der Waals surface area contributed by atoms with E-state index in [1.165, 1.54) is 0 Å². The number of sulfonamides is 1. The molecule has 2 aromatic heterocycles. The third-order valence-corrected chi connectivity index (χ3v) is 5.77. The number of anilines is 1. The number of imidazole rings is 1. The third kappa shape index (κ3) is 2.89. The molecule has 0 spiro atoms. The summed E-state index contributed by atoms with van der Waals surface area (Å²) >= 11 is 0. The Morgan fingerprint density at radius 2 is 2.05 bits per heavy atom. The molecule has 0 amide bonds.